The summed E-state index contributed by atoms with van der Waals surface area (Å²) in [5.41, 5.74) is 5.91. The maximum Gasteiger partial charge on any atom is 0.221 e. The molecule has 1 aliphatic carbocycles. The van der Waals surface area contributed by atoms with E-state index in [4.69, 9.17) is 10.5 Å². The predicted octanol–water partition coefficient (Wildman–Crippen LogP) is 1.19. The third kappa shape index (κ3) is 4.64. The molecule has 17 heavy (non-hydrogen) atoms. The highest BCUT2D eigenvalue weighted by Gasteiger charge is 2.29. The maximum atomic E-state index is 11.6. The van der Waals surface area contributed by atoms with Gasteiger partial charge < -0.3 is 15.8 Å². The van der Waals surface area contributed by atoms with Crippen LogP contribution < -0.4 is 11.1 Å². The van der Waals surface area contributed by atoms with Crippen LogP contribution in [0.3, 0.4) is 0 Å². The molecule has 0 aromatic carbocycles. The monoisotopic (exact) mass is 240 g/mol. The molecule has 0 aromatic rings. The van der Waals surface area contributed by atoms with Crippen LogP contribution >= 0.6 is 0 Å². The smallest absolute Gasteiger partial charge is 0.221 e. The van der Waals surface area contributed by atoms with Crippen molar-refractivity contribution < 1.29 is 9.53 Å². The Morgan fingerprint density at radius 2 is 2.18 bits per heavy atom. The van der Waals surface area contributed by atoms with Crippen molar-refractivity contribution in [1.29, 1.82) is 0 Å². The number of carbonyl (C=O) groups is 1. The van der Waals surface area contributed by atoms with Crippen LogP contribution in [0.1, 0.15) is 44.9 Å². The number of hydrogen-bond acceptors (Lipinski definition) is 3. The van der Waals surface area contributed by atoms with Crippen molar-refractivity contribution in [2.75, 3.05) is 13.2 Å². The van der Waals surface area contributed by atoms with Gasteiger partial charge in [0.2, 0.25) is 5.91 Å². The molecule has 3 N–H and O–H groups in total. The largest absolute Gasteiger partial charge is 0.378 e. The SMILES string of the molecule is NC(CC(=O)NCCC1CCCCO1)C1CC1. The molecule has 4 nitrogen and oxygen atoms in total. The average Bonchev–Trinajstić information content (AvgIpc) is 3.14. The fourth-order valence-electron chi connectivity index (χ4n) is 2.38. The van der Waals surface area contributed by atoms with Gasteiger partial charge in [-0.25, -0.2) is 0 Å². The second kappa shape index (κ2) is 6.36. The van der Waals surface area contributed by atoms with Crippen molar-refractivity contribution in [2.45, 2.75) is 57.1 Å². The summed E-state index contributed by atoms with van der Waals surface area (Å²) in [6.07, 6.45) is 7.73. The van der Waals surface area contributed by atoms with Crippen molar-refractivity contribution in [3.63, 3.8) is 0 Å². The minimum absolute atomic E-state index is 0.0703. The van der Waals surface area contributed by atoms with E-state index in [9.17, 15) is 4.79 Å². The minimum Gasteiger partial charge on any atom is -0.378 e. The zero-order valence-electron chi connectivity index (χ0n) is 10.5. The molecule has 1 heterocycles. The van der Waals surface area contributed by atoms with Crippen LogP contribution in [0.25, 0.3) is 0 Å². The maximum absolute atomic E-state index is 11.6. The van der Waals surface area contributed by atoms with E-state index < -0.39 is 0 Å². The Labute approximate surface area is 103 Å². The van der Waals surface area contributed by atoms with Crippen molar-refractivity contribution in [2.24, 2.45) is 11.7 Å². The standard InChI is InChI=1S/C13H24N2O2/c14-12(10-4-5-10)9-13(16)15-7-6-11-3-1-2-8-17-11/h10-12H,1-9,14H2,(H,15,16). The van der Waals surface area contributed by atoms with Gasteiger partial charge in [0, 0.05) is 25.6 Å². The fraction of sp³-hybridized carbons (Fsp3) is 0.923. The Morgan fingerprint density at radius 3 is 2.82 bits per heavy atom. The second-order valence-corrected chi connectivity index (χ2v) is 5.33. The molecule has 98 valence electrons. The lowest BCUT2D eigenvalue weighted by Gasteiger charge is -2.22. The highest BCUT2D eigenvalue weighted by atomic mass is 16.5. The lowest BCUT2D eigenvalue weighted by atomic mass is 10.1. The number of hydrogen-bond donors (Lipinski definition) is 2. The lowest BCUT2D eigenvalue weighted by Crippen LogP contribution is -2.34. The summed E-state index contributed by atoms with van der Waals surface area (Å²) in [4.78, 5) is 11.6. The first-order valence-corrected chi connectivity index (χ1v) is 6.89. The number of ether oxygens (including phenoxy) is 1. The summed E-state index contributed by atoms with van der Waals surface area (Å²) in [6, 6.07) is 0.0703. The van der Waals surface area contributed by atoms with Crippen LogP contribution in [-0.2, 0) is 9.53 Å². The molecule has 2 fully saturated rings. The molecular formula is C13H24N2O2. The van der Waals surface area contributed by atoms with Gasteiger partial charge in [-0.2, -0.15) is 0 Å². The van der Waals surface area contributed by atoms with Crippen molar-refractivity contribution in [1.82, 2.24) is 5.32 Å². The Kier molecular flexibility index (Phi) is 4.80. The third-order valence-corrected chi connectivity index (χ3v) is 3.71. The minimum atomic E-state index is 0.0703. The first-order valence-electron chi connectivity index (χ1n) is 6.89. The van der Waals surface area contributed by atoms with Crippen LogP contribution in [0.15, 0.2) is 0 Å². The van der Waals surface area contributed by atoms with E-state index in [0.29, 0.717) is 18.4 Å². The molecule has 0 radical (unpaired) electrons. The van der Waals surface area contributed by atoms with Gasteiger partial charge in [-0.3, -0.25) is 4.79 Å². The zero-order chi connectivity index (χ0) is 12.1. The Hall–Kier alpha value is -0.610. The Balaban J connectivity index is 1.52. The first-order chi connectivity index (χ1) is 8.25. The molecule has 1 saturated carbocycles. The molecule has 2 aliphatic rings. The van der Waals surface area contributed by atoms with Crippen molar-refractivity contribution in [3.05, 3.63) is 0 Å². The van der Waals surface area contributed by atoms with Gasteiger partial charge in [-0.1, -0.05) is 0 Å². The first kappa shape index (κ1) is 12.8. The number of amides is 1. The van der Waals surface area contributed by atoms with Gasteiger partial charge in [-0.15, -0.1) is 0 Å². The number of carbonyl (C=O) groups excluding carboxylic acids is 1. The fourth-order valence-corrected chi connectivity index (χ4v) is 2.38. The van der Waals surface area contributed by atoms with Gasteiger partial charge in [-0.05, 0) is 44.4 Å². The normalized spacial score (nSPS) is 26.5. The molecule has 1 aliphatic heterocycles. The molecule has 0 aromatic heterocycles. The number of rotatable bonds is 6. The van der Waals surface area contributed by atoms with E-state index in [1.54, 1.807) is 0 Å². The second-order valence-electron chi connectivity index (χ2n) is 5.33. The summed E-state index contributed by atoms with van der Waals surface area (Å²) in [6.45, 7) is 1.60. The molecule has 0 bridgehead atoms. The Bertz CT molecular complexity index is 248. The van der Waals surface area contributed by atoms with Gasteiger partial charge in [0.05, 0.1) is 6.10 Å². The van der Waals surface area contributed by atoms with E-state index in [-0.39, 0.29) is 11.9 Å². The molecule has 0 spiro atoms. The summed E-state index contributed by atoms with van der Waals surface area (Å²) >= 11 is 0. The van der Waals surface area contributed by atoms with E-state index in [1.165, 1.54) is 25.7 Å². The molecule has 1 saturated heterocycles. The summed E-state index contributed by atoms with van der Waals surface area (Å²) < 4.78 is 5.61. The van der Waals surface area contributed by atoms with E-state index >= 15 is 0 Å². The highest BCUT2D eigenvalue weighted by molar-refractivity contribution is 5.76. The summed E-state index contributed by atoms with van der Waals surface area (Å²) in [5, 5.41) is 2.94. The van der Waals surface area contributed by atoms with Crippen LogP contribution in [0.4, 0.5) is 0 Å². The van der Waals surface area contributed by atoms with E-state index in [0.717, 1.165) is 26.0 Å². The number of nitrogens with two attached hydrogens (primary N) is 1. The van der Waals surface area contributed by atoms with Crippen LogP contribution in [0.2, 0.25) is 0 Å². The van der Waals surface area contributed by atoms with Crippen molar-refractivity contribution >= 4 is 5.91 Å². The molecule has 1 amide bonds. The number of nitrogens with one attached hydrogen (secondary N) is 1. The quantitative estimate of drug-likeness (QED) is 0.733. The van der Waals surface area contributed by atoms with Gasteiger partial charge in [0.15, 0.2) is 0 Å². The molecule has 2 atom stereocenters. The topological polar surface area (TPSA) is 64.4 Å². The molecule has 2 unspecified atom stereocenters. The van der Waals surface area contributed by atoms with Gasteiger partial charge in [0.1, 0.15) is 0 Å². The summed E-state index contributed by atoms with van der Waals surface area (Å²) in [5.74, 6) is 0.697. The average molecular weight is 240 g/mol. The van der Waals surface area contributed by atoms with Gasteiger partial charge in [0.25, 0.3) is 0 Å². The highest BCUT2D eigenvalue weighted by Crippen LogP contribution is 2.32. The van der Waals surface area contributed by atoms with E-state index in [1.807, 2.05) is 0 Å². The Morgan fingerprint density at radius 1 is 1.35 bits per heavy atom. The van der Waals surface area contributed by atoms with E-state index in [2.05, 4.69) is 5.32 Å². The van der Waals surface area contributed by atoms with Crippen LogP contribution in [-0.4, -0.2) is 31.2 Å². The van der Waals surface area contributed by atoms with Crippen molar-refractivity contribution in [3.8, 4) is 0 Å². The predicted molar refractivity (Wildman–Crippen MR) is 66.5 cm³/mol. The van der Waals surface area contributed by atoms with Gasteiger partial charge >= 0.3 is 0 Å². The zero-order valence-corrected chi connectivity index (χ0v) is 10.5. The lowest BCUT2D eigenvalue weighted by molar-refractivity contribution is -0.121. The molecule has 4 heteroatoms. The molecule has 2 rings (SSSR count). The molecular weight excluding hydrogens is 216 g/mol. The van der Waals surface area contributed by atoms with Crippen LogP contribution in [0.5, 0.6) is 0 Å². The van der Waals surface area contributed by atoms with Crippen LogP contribution in [0, 0.1) is 5.92 Å². The summed E-state index contributed by atoms with van der Waals surface area (Å²) in [7, 11) is 0. The third-order valence-electron chi connectivity index (χ3n) is 3.71.